The van der Waals surface area contributed by atoms with Gasteiger partial charge in [-0.2, -0.15) is 0 Å². The zero-order valence-electron chi connectivity index (χ0n) is 28.6. The zero-order valence-corrected chi connectivity index (χ0v) is 29.5. The van der Waals surface area contributed by atoms with Crippen molar-refractivity contribution in [2.24, 2.45) is 0 Å². The molecule has 0 aliphatic carbocycles. The molecule has 0 radical (unpaired) electrons. The third kappa shape index (κ3) is 5.95. The van der Waals surface area contributed by atoms with E-state index >= 15 is 0 Å². The van der Waals surface area contributed by atoms with E-state index in [1.54, 1.807) is 0 Å². The highest BCUT2D eigenvalue weighted by molar-refractivity contribution is 7.25. The minimum atomic E-state index is 0.644. The molecule has 0 saturated carbocycles. The van der Waals surface area contributed by atoms with Gasteiger partial charge in [0.25, 0.3) is 0 Å². The minimum absolute atomic E-state index is 0.644. The number of thiophene rings is 1. The maximum atomic E-state index is 5.01. The molecule has 4 heteroatoms. The molecule has 0 unspecified atom stereocenters. The van der Waals surface area contributed by atoms with Gasteiger partial charge in [0.2, 0.25) is 0 Å². The first kappa shape index (κ1) is 31.0. The topological polar surface area (TPSA) is 38.7 Å². The number of hydrogen-bond acceptors (Lipinski definition) is 4. The summed E-state index contributed by atoms with van der Waals surface area (Å²) in [5, 5.41) is 5.11. The lowest BCUT2D eigenvalue weighted by molar-refractivity contribution is 1.07. The molecule has 0 spiro atoms. The Balaban J connectivity index is 0.950. The van der Waals surface area contributed by atoms with Gasteiger partial charge < -0.3 is 0 Å². The van der Waals surface area contributed by atoms with Crippen molar-refractivity contribution in [3.63, 3.8) is 0 Å². The predicted molar refractivity (Wildman–Crippen MR) is 223 cm³/mol. The molecule has 0 amide bonds. The van der Waals surface area contributed by atoms with Crippen LogP contribution in [0.2, 0.25) is 0 Å². The number of rotatable bonds is 6. The van der Waals surface area contributed by atoms with E-state index in [1.807, 2.05) is 41.7 Å². The summed E-state index contributed by atoms with van der Waals surface area (Å²) in [4.78, 5) is 14.9. The van der Waals surface area contributed by atoms with Gasteiger partial charge in [0.15, 0.2) is 17.5 Å². The van der Waals surface area contributed by atoms with Gasteiger partial charge in [-0.3, -0.25) is 0 Å². The fraction of sp³-hybridized carbons (Fsp3) is 0. The second kappa shape index (κ2) is 13.1. The Kier molecular flexibility index (Phi) is 7.67. The van der Waals surface area contributed by atoms with Crippen molar-refractivity contribution in [1.82, 2.24) is 15.0 Å². The first-order valence-electron chi connectivity index (χ1n) is 17.8. The summed E-state index contributed by atoms with van der Waals surface area (Å²) in [6, 6.07) is 66.5. The summed E-state index contributed by atoms with van der Waals surface area (Å²) in [6.07, 6.45) is 0. The fourth-order valence-electron chi connectivity index (χ4n) is 7.10. The maximum absolute atomic E-state index is 5.01. The molecule has 2 heterocycles. The zero-order chi connectivity index (χ0) is 35.1. The van der Waals surface area contributed by atoms with E-state index in [0.717, 1.165) is 33.4 Å². The monoisotopic (exact) mass is 693 g/mol. The van der Waals surface area contributed by atoms with Crippen molar-refractivity contribution < 1.29 is 0 Å². The smallest absolute Gasteiger partial charge is 0.164 e. The maximum Gasteiger partial charge on any atom is 0.164 e. The summed E-state index contributed by atoms with van der Waals surface area (Å²) < 4.78 is 2.65. The van der Waals surface area contributed by atoms with Gasteiger partial charge in [-0.1, -0.05) is 164 Å². The van der Waals surface area contributed by atoms with Crippen LogP contribution in [0.15, 0.2) is 188 Å². The van der Waals surface area contributed by atoms with Gasteiger partial charge >= 0.3 is 0 Å². The lowest BCUT2D eigenvalue weighted by Crippen LogP contribution is -2.00. The van der Waals surface area contributed by atoms with Crippen LogP contribution >= 0.6 is 11.3 Å². The SMILES string of the molecule is c1ccc(-c2nc(-c3ccc(-c4ccc(-c5ccc6sc7ccccc7c6c5)cc4)cc3)nc(-c3ccc(-c4ccc5ccccc5c4)cc3)n2)cc1. The fourth-order valence-corrected chi connectivity index (χ4v) is 8.19. The van der Waals surface area contributed by atoms with Crippen LogP contribution in [-0.2, 0) is 0 Å². The van der Waals surface area contributed by atoms with Crippen LogP contribution in [0.5, 0.6) is 0 Å². The molecule has 10 rings (SSSR count). The van der Waals surface area contributed by atoms with E-state index in [2.05, 4.69) is 158 Å². The summed E-state index contributed by atoms with van der Waals surface area (Å²) >= 11 is 1.85. The van der Waals surface area contributed by atoms with Crippen LogP contribution in [0.1, 0.15) is 0 Å². The lowest BCUT2D eigenvalue weighted by Gasteiger charge is -2.10. The second-order valence-electron chi connectivity index (χ2n) is 13.3. The highest BCUT2D eigenvalue weighted by Crippen LogP contribution is 2.37. The molecule has 2 aromatic heterocycles. The van der Waals surface area contributed by atoms with Crippen LogP contribution in [0.25, 0.3) is 98.5 Å². The minimum Gasteiger partial charge on any atom is -0.208 e. The molecule has 0 fully saturated rings. The Hall–Kier alpha value is -6.75. The lowest BCUT2D eigenvalue weighted by atomic mass is 9.98. The molecule has 0 atom stereocenters. The van der Waals surface area contributed by atoms with Crippen molar-refractivity contribution in [2.45, 2.75) is 0 Å². The van der Waals surface area contributed by atoms with Gasteiger partial charge in [0, 0.05) is 36.9 Å². The Bertz CT molecular complexity index is 2910. The van der Waals surface area contributed by atoms with Crippen molar-refractivity contribution in [3.8, 4) is 67.5 Å². The summed E-state index contributed by atoms with van der Waals surface area (Å²) in [6.45, 7) is 0. The van der Waals surface area contributed by atoms with Crippen molar-refractivity contribution >= 4 is 42.3 Å². The number of aromatic nitrogens is 3. The van der Waals surface area contributed by atoms with Crippen molar-refractivity contribution in [3.05, 3.63) is 188 Å². The van der Waals surface area contributed by atoms with E-state index < -0.39 is 0 Å². The number of nitrogens with zero attached hydrogens (tertiary/aromatic N) is 3. The van der Waals surface area contributed by atoms with Gasteiger partial charge in [-0.15, -0.1) is 11.3 Å². The Morgan fingerprint density at radius 3 is 1.30 bits per heavy atom. The van der Waals surface area contributed by atoms with E-state index in [4.69, 9.17) is 15.0 Å². The highest BCUT2D eigenvalue weighted by atomic mass is 32.1. The summed E-state index contributed by atoms with van der Waals surface area (Å²) in [5.74, 6) is 1.94. The first-order chi connectivity index (χ1) is 26.2. The Labute approximate surface area is 311 Å². The second-order valence-corrected chi connectivity index (χ2v) is 14.4. The quantitative estimate of drug-likeness (QED) is 0.174. The Morgan fingerprint density at radius 2 is 0.679 bits per heavy atom. The van der Waals surface area contributed by atoms with Gasteiger partial charge in [-0.25, -0.2) is 15.0 Å². The van der Waals surface area contributed by atoms with E-state index in [1.165, 1.54) is 47.6 Å². The summed E-state index contributed by atoms with van der Waals surface area (Å²) in [5.41, 5.74) is 9.90. The molecule has 0 bridgehead atoms. The van der Waals surface area contributed by atoms with Crippen LogP contribution in [-0.4, -0.2) is 15.0 Å². The molecule has 10 aromatic rings. The average Bonchev–Trinajstić information content (AvgIpc) is 3.62. The average molecular weight is 694 g/mol. The van der Waals surface area contributed by atoms with E-state index in [-0.39, 0.29) is 0 Å². The number of benzene rings is 8. The normalized spacial score (nSPS) is 11.4. The highest BCUT2D eigenvalue weighted by Gasteiger charge is 2.14. The molecule has 0 aliphatic heterocycles. The number of hydrogen-bond donors (Lipinski definition) is 0. The molecular formula is C49H31N3S. The van der Waals surface area contributed by atoms with Gasteiger partial charge in [0.1, 0.15) is 0 Å². The predicted octanol–water partition coefficient (Wildman–Crippen LogP) is 13.4. The molecule has 0 aliphatic rings. The molecule has 53 heavy (non-hydrogen) atoms. The Morgan fingerprint density at radius 1 is 0.264 bits per heavy atom. The summed E-state index contributed by atoms with van der Waals surface area (Å²) in [7, 11) is 0. The van der Waals surface area contributed by atoms with Gasteiger partial charge in [0.05, 0.1) is 0 Å². The number of fused-ring (bicyclic) bond motifs is 4. The molecule has 8 aromatic carbocycles. The molecule has 3 nitrogen and oxygen atoms in total. The standard InChI is InChI=1S/C49H31N3S/c1-2-9-37(10-3-1)47-50-48(52-49(51-47)39-25-20-35(21-26-39)41-27-22-32-8-4-5-11-40(32)30-41)38-23-18-34(19-24-38)33-14-16-36(17-15-33)42-28-29-46-44(31-42)43-12-6-7-13-45(43)53-46/h1-31H. The van der Waals surface area contributed by atoms with Gasteiger partial charge in [-0.05, 0) is 68.4 Å². The first-order valence-corrected chi connectivity index (χ1v) is 18.6. The van der Waals surface area contributed by atoms with Crippen LogP contribution in [0.3, 0.4) is 0 Å². The van der Waals surface area contributed by atoms with Crippen molar-refractivity contribution in [1.29, 1.82) is 0 Å². The third-order valence-corrected chi connectivity index (χ3v) is 11.1. The van der Waals surface area contributed by atoms with Crippen LogP contribution < -0.4 is 0 Å². The van der Waals surface area contributed by atoms with E-state index in [0.29, 0.717) is 17.5 Å². The van der Waals surface area contributed by atoms with Crippen molar-refractivity contribution in [2.75, 3.05) is 0 Å². The molecule has 0 saturated heterocycles. The molecule has 0 N–H and O–H groups in total. The largest absolute Gasteiger partial charge is 0.208 e. The van der Waals surface area contributed by atoms with E-state index in [9.17, 15) is 0 Å². The third-order valence-electron chi connectivity index (χ3n) is 9.96. The molecular weight excluding hydrogens is 663 g/mol. The molecule has 248 valence electrons. The van der Waals surface area contributed by atoms with Crippen LogP contribution in [0.4, 0.5) is 0 Å². The van der Waals surface area contributed by atoms with Crippen LogP contribution in [0, 0.1) is 0 Å².